The van der Waals surface area contributed by atoms with E-state index in [1.165, 1.54) is 12.3 Å². The van der Waals surface area contributed by atoms with Crippen LogP contribution in [0, 0.1) is 11.6 Å². The molecule has 0 bridgehead atoms. The zero-order valence-electron chi connectivity index (χ0n) is 14.4. The van der Waals surface area contributed by atoms with Gasteiger partial charge in [-0.05, 0) is 49.4 Å². The zero-order chi connectivity index (χ0) is 19.2. The topological polar surface area (TPSA) is 76.1 Å². The molecule has 0 aliphatic carbocycles. The maximum absolute atomic E-state index is 13.7. The summed E-state index contributed by atoms with van der Waals surface area (Å²) in [7, 11) is 0. The lowest BCUT2D eigenvalue weighted by molar-refractivity contribution is 0.102. The van der Waals surface area contributed by atoms with E-state index >= 15 is 0 Å². The Balaban J connectivity index is 1.71. The van der Waals surface area contributed by atoms with E-state index in [0.29, 0.717) is 18.4 Å². The average Bonchev–Trinajstić information content (AvgIpc) is 2.66. The van der Waals surface area contributed by atoms with Crippen molar-refractivity contribution in [1.82, 2.24) is 9.97 Å². The van der Waals surface area contributed by atoms with E-state index < -0.39 is 17.5 Å². The third-order valence-electron chi connectivity index (χ3n) is 3.49. The summed E-state index contributed by atoms with van der Waals surface area (Å²) in [5.41, 5.74) is 0.601. The number of carbonyl (C=O) groups is 1. The van der Waals surface area contributed by atoms with E-state index in [2.05, 4.69) is 20.6 Å². The van der Waals surface area contributed by atoms with E-state index in [1.54, 1.807) is 24.3 Å². The van der Waals surface area contributed by atoms with Crippen LogP contribution in [0.3, 0.4) is 0 Å². The molecule has 138 valence electrons. The van der Waals surface area contributed by atoms with Crippen LogP contribution in [0.1, 0.15) is 17.4 Å². The molecule has 0 unspecified atom stereocenters. The molecule has 0 spiro atoms. The second-order valence-electron chi connectivity index (χ2n) is 5.43. The van der Waals surface area contributed by atoms with Gasteiger partial charge in [0.05, 0.1) is 12.3 Å². The summed E-state index contributed by atoms with van der Waals surface area (Å²) in [5.74, 6) is -1.30. The van der Waals surface area contributed by atoms with Gasteiger partial charge in [0.1, 0.15) is 23.1 Å². The van der Waals surface area contributed by atoms with Crippen molar-refractivity contribution in [3.05, 3.63) is 72.1 Å². The van der Waals surface area contributed by atoms with E-state index in [1.807, 2.05) is 6.92 Å². The Morgan fingerprint density at radius 1 is 1.11 bits per heavy atom. The minimum atomic E-state index is -0.870. The number of nitrogens with one attached hydrogen (secondary N) is 2. The molecule has 2 aromatic carbocycles. The van der Waals surface area contributed by atoms with Crippen molar-refractivity contribution in [3.63, 3.8) is 0 Å². The molecule has 0 atom stereocenters. The molecule has 0 aliphatic heterocycles. The molecule has 0 aliphatic rings. The van der Waals surface area contributed by atoms with Gasteiger partial charge in [-0.1, -0.05) is 0 Å². The van der Waals surface area contributed by atoms with Crippen LogP contribution in [0.15, 0.2) is 54.7 Å². The fourth-order valence-corrected chi connectivity index (χ4v) is 2.25. The van der Waals surface area contributed by atoms with Crippen LogP contribution >= 0.6 is 0 Å². The van der Waals surface area contributed by atoms with Gasteiger partial charge in [0.2, 0.25) is 5.95 Å². The molecule has 3 aromatic rings. The van der Waals surface area contributed by atoms with Crippen molar-refractivity contribution in [2.45, 2.75) is 6.92 Å². The number of amides is 1. The van der Waals surface area contributed by atoms with Gasteiger partial charge in [0, 0.05) is 18.0 Å². The second-order valence-corrected chi connectivity index (χ2v) is 5.43. The number of ether oxygens (including phenoxy) is 1. The van der Waals surface area contributed by atoms with Gasteiger partial charge in [-0.15, -0.1) is 0 Å². The first-order chi connectivity index (χ1) is 13.0. The normalized spacial score (nSPS) is 10.3. The summed E-state index contributed by atoms with van der Waals surface area (Å²) in [6.07, 6.45) is 1.40. The van der Waals surface area contributed by atoms with Gasteiger partial charge in [-0.25, -0.2) is 18.7 Å². The maximum atomic E-state index is 13.7. The lowest BCUT2D eigenvalue weighted by Crippen LogP contribution is -2.15. The van der Waals surface area contributed by atoms with Gasteiger partial charge in [-0.2, -0.15) is 0 Å². The molecule has 0 saturated heterocycles. The van der Waals surface area contributed by atoms with Crippen LogP contribution in [0.25, 0.3) is 0 Å². The third kappa shape index (κ3) is 4.75. The number of anilines is 3. The van der Waals surface area contributed by atoms with Crippen molar-refractivity contribution >= 4 is 23.2 Å². The summed E-state index contributed by atoms with van der Waals surface area (Å²) in [4.78, 5) is 20.4. The van der Waals surface area contributed by atoms with Crippen LogP contribution in [-0.2, 0) is 0 Å². The largest absolute Gasteiger partial charge is 0.494 e. The number of rotatable bonds is 6. The first kappa shape index (κ1) is 18.2. The number of halogens is 2. The van der Waals surface area contributed by atoms with Gasteiger partial charge in [0.25, 0.3) is 5.91 Å². The molecule has 1 aromatic heterocycles. The van der Waals surface area contributed by atoms with Crippen LogP contribution in [0.4, 0.5) is 26.1 Å². The van der Waals surface area contributed by atoms with E-state index in [-0.39, 0.29) is 17.3 Å². The molecule has 1 amide bonds. The monoisotopic (exact) mass is 370 g/mol. The second kappa shape index (κ2) is 8.22. The number of carbonyl (C=O) groups excluding carboxylic acids is 1. The lowest BCUT2D eigenvalue weighted by atomic mass is 10.3. The molecule has 3 rings (SSSR count). The highest BCUT2D eigenvalue weighted by Gasteiger charge is 2.12. The van der Waals surface area contributed by atoms with Crippen LogP contribution < -0.4 is 15.4 Å². The van der Waals surface area contributed by atoms with Crippen LogP contribution in [0.2, 0.25) is 0 Å². The molecule has 0 radical (unpaired) electrons. The molecule has 8 heteroatoms. The molecular weight excluding hydrogens is 354 g/mol. The molecule has 2 N–H and O–H groups in total. The molecule has 0 fully saturated rings. The number of nitrogens with zero attached hydrogens (tertiary/aromatic N) is 2. The van der Waals surface area contributed by atoms with E-state index in [4.69, 9.17) is 4.74 Å². The minimum Gasteiger partial charge on any atom is -0.494 e. The molecule has 0 saturated carbocycles. The third-order valence-corrected chi connectivity index (χ3v) is 3.49. The van der Waals surface area contributed by atoms with Crippen LogP contribution in [-0.4, -0.2) is 22.5 Å². The highest BCUT2D eigenvalue weighted by molar-refractivity contribution is 6.03. The Bertz CT molecular complexity index is 949. The van der Waals surface area contributed by atoms with Crippen molar-refractivity contribution in [2.24, 2.45) is 0 Å². The Labute approximate surface area is 154 Å². The zero-order valence-corrected chi connectivity index (χ0v) is 14.4. The quantitative estimate of drug-likeness (QED) is 0.682. The fourth-order valence-electron chi connectivity index (χ4n) is 2.25. The highest BCUT2D eigenvalue weighted by atomic mass is 19.1. The lowest BCUT2D eigenvalue weighted by Gasteiger charge is -2.09. The van der Waals surface area contributed by atoms with Crippen molar-refractivity contribution in [2.75, 3.05) is 17.2 Å². The van der Waals surface area contributed by atoms with Gasteiger partial charge in [-0.3, -0.25) is 4.79 Å². The standard InChI is InChI=1S/C19H16F2N4O2/c1-2-27-14-6-4-13(5-7-14)23-19-22-10-9-17(25-19)18(26)24-16-8-3-12(20)11-15(16)21/h3-11H,2H2,1H3,(H,24,26)(H,22,23,25). The Hall–Kier alpha value is -3.55. The Morgan fingerprint density at radius 3 is 2.59 bits per heavy atom. The summed E-state index contributed by atoms with van der Waals surface area (Å²) >= 11 is 0. The first-order valence-electron chi connectivity index (χ1n) is 8.14. The van der Waals surface area contributed by atoms with E-state index in [0.717, 1.165) is 17.9 Å². The van der Waals surface area contributed by atoms with Gasteiger partial charge in [0.15, 0.2) is 0 Å². The molecular formula is C19H16F2N4O2. The Morgan fingerprint density at radius 2 is 1.89 bits per heavy atom. The van der Waals surface area contributed by atoms with Crippen molar-refractivity contribution < 1.29 is 18.3 Å². The molecule has 27 heavy (non-hydrogen) atoms. The smallest absolute Gasteiger partial charge is 0.274 e. The fraction of sp³-hybridized carbons (Fsp3) is 0.105. The van der Waals surface area contributed by atoms with Gasteiger partial charge < -0.3 is 15.4 Å². The minimum absolute atomic E-state index is 0.0298. The van der Waals surface area contributed by atoms with Gasteiger partial charge >= 0.3 is 0 Å². The number of hydrogen-bond acceptors (Lipinski definition) is 5. The first-order valence-corrected chi connectivity index (χ1v) is 8.14. The maximum Gasteiger partial charge on any atom is 0.274 e. The number of hydrogen-bond donors (Lipinski definition) is 2. The summed E-state index contributed by atoms with van der Waals surface area (Å²) in [6, 6.07) is 11.4. The predicted octanol–water partition coefficient (Wildman–Crippen LogP) is 4.15. The molecule has 1 heterocycles. The predicted molar refractivity (Wildman–Crippen MR) is 97.2 cm³/mol. The SMILES string of the molecule is CCOc1ccc(Nc2nccc(C(=O)Nc3ccc(F)cc3F)n2)cc1. The van der Waals surface area contributed by atoms with Crippen LogP contribution in [0.5, 0.6) is 5.75 Å². The van der Waals surface area contributed by atoms with Crippen molar-refractivity contribution in [1.29, 1.82) is 0 Å². The number of aromatic nitrogens is 2. The Kier molecular flexibility index (Phi) is 5.55. The van der Waals surface area contributed by atoms with Crippen molar-refractivity contribution in [3.8, 4) is 5.75 Å². The number of benzene rings is 2. The summed E-state index contributed by atoms with van der Waals surface area (Å²) in [5, 5.41) is 5.32. The highest BCUT2D eigenvalue weighted by Crippen LogP contribution is 2.19. The average molecular weight is 370 g/mol. The molecule has 6 nitrogen and oxygen atoms in total. The van der Waals surface area contributed by atoms with E-state index in [9.17, 15) is 13.6 Å². The summed E-state index contributed by atoms with van der Waals surface area (Å²) < 4.78 is 32.0. The summed E-state index contributed by atoms with van der Waals surface area (Å²) in [6.45, 7) is 2.47.